The third-order valence-electron chi connectivity index (χ3n) is 1.92. The summed E-state index contributed by atoms with van der Waals surface area (Å²) in [6, 6.07) is 0. The molecule has 9 heteroatoms. The summed E-state index contributed by atoms with van der Waals surface area (Å²) < 4.78 is 5.03. The van der Waals surface area contributed by atoms with Gasteiger partial charge < -0.3 is 25.0 Å². The molecular weight excluding hydrogens is 298 g/mol. The molecule has 0 rings (SSSR count). The molecule has 128 valence electrons. The Bertz CT molecular complexity index is 385. The molecule has 0 fully saturated rings. The van der Waals surface area contributed by atoms with Gasteiger partial charge in [0.15, 0.2) is 0 Å². The van der Waals surface area contributed by atoms with Crippen molar-refractivity contribution in [3.05, 3.63) is 0 Å². The fraction of sp³-hybridized carbons (Fsp3) is 0.692. The highest BCUT2D eigenvalue weighted by atomic mass is 16.6. The minimum Gasteiger partial charge on any atom is -0.481 e. The van der Waals surface area contributed by atoms with Crippen LogP contribution in [0.4, 0.5) is 4.79 Å². The third kappa shape index (κ3) is 17.7. The first-order valence-corrected chi connectivity index (χ1v) is 6.44. The van der Waals surface area contributed by atoms with Gasteiger partial charge in [-0.1, -0.05) is 0 Å². The molecule has 0 heterocycles. The van der Waals surface area contributed by atoms with E-state index in [1.165, 1.54) is 11.9 Å². The van der Waals surface area contributed by atoms with Gasteiger partial charge in [-0.25, -0.2) is 4.79 Å². The third-order valence-corrected chi connectivity index (χ3v) is 1.92. The number of ether oxygens (including phenoxy) is 1. The summed E-state index contributed by atoms with van der Waals surface area (Å²) in [7, 11) is 1.51. The van der Waals surface area contributed by atoms with Crippen molar-refractivity contribution in [3.8, 4) is 0 Å². The van der Waals surface area contributed by atoms with Crippen LogP contribution in [0.1, 0.15) is 40.0 Å². The molecule has 9 nitrogen and oxygen atoms in total. The lowest BCUT2D eigenvalue weighted by atomic mass is 10.2. The quantitative estimate of drug-likeness (QED) is 0.664. The molecule has 0 aromatic rings. The highest BCUT2D eigenvalue weighted by molar-refractivity contribution is 5.75. The summed E-state index contributed by atoms with van der Waals surface area (Å²) in [5.74, 6) is -3.08. The summed E-state index contributed by atoms with van der Waals surface area (Å²) in [6.07, 6.45) is -1.17. The second-order valence-corrected chi connectivity index (χ2v) is 5.33. The van der Waals surface area contributed by atoms with Gasteiger partial charge in [-0.2, -0.15) is 0 Å². The molecule has 0 aromatic carbocycles. The van der Waals surface area contributed by atoms with Crippen LogP contribution in [-0.4, -0.2) is 63.4 Å². The van der Waals surface area contributed by atoms with Crippen molar-refractivity contribution in [2.24, 2.45) is 0 Å². The number of amides is 1. The summed E-state index contributed by atoms with van der Waals surface area (Å²) in [5.41, 5.74) is -0.547. The Morgan fingerprint density at radius 1 is 0.864 bits per heavy atom. The minimum absolute atomic E-state index is 0.0737. The molecule has 3 N–H and O–H groups in total. The summed E-state index contributed by atoms with van der Waals surface area (Å²) >= 11 is 0. The van der Waals surface area contributed by atoms with Crippen molar-refractivity contribution >= 4 is 24.0 Å². The molecule has 0 spiro atoms. The Morgan fingerprint density at radius 3 is 1.50 bits per heavy atom. The Labute approximate surface area is 128 Å². The smallest absolute Gasteiger partial charge is 0.410 e. The molecule has 0 aliphatic heterocycles. The predicted molar refractivity (Wildman–Crippen MR) is 75.6 cm³/mol. The van der Waals surface area contributed by atoms with E-state index in [2.05, 4.69) is 0 Å². The van der Waals surface area contributed by atoms with E-state index in [1.807, 2.05) is 0 Å². The van der Waals surface area contributed by atoms with E-state index in [9.17, 15) is 19.2 Å². The van der Waals surface area contributed by atoms with E-state index in [0.29, 0.717) is 0 Å². The Kier molecular flexibility index (Phi) is 10.4. The molecule has 0 aromatic heterocycles. The van der Waals surface area contributed by atoms with E-state index in [0.717, 1.165) is 0 Å². The van der Waals surface area contributed by atoms with Crippen molar-refractivity contribution in [3.63, 3.8) is 0 Å². The maximum atomic E-state index is 11.3. The van der Waals surface area contributed by atoms with E-state index in [4.69, 9.17) is 20.1 Å². The summed E-state index contributed by atoms with van der Waals surface area (Å²) in [6.45, 7) is 5.44. The average Bonchev–Trinajstić information content (AvgIpc) is 2.32. The van der Waals surface area contributed by atoms with Crippen molar-refractivity contribution in [2.45, 2.75) is 45.6 Å². The van der Waals surface area contributed by atoms with Crippen molar-refractivity contribution in [1.82, 2.24) is 4.90 Å². The van der Waals surface area contributed by atoms with Crippen LogP contribution in [0.2, 0.25) is 0 Å². The molecule has 0 radical (unpaired) electrons. The van der Waals surface area contributed by atoms with Gasteiger partial charge in [0.2, 0.25) is 0 Å². The Hall–Kier alpha value is -2.32. The predicted octanol–water partition coefficient (Wildman–Crippen LogP) is 1.26. The van der Waals surface area contributed by atoms with E-state index >= 15 is 0 Å². The van der Waals surface area contributed by atoms with Crippen LogP contribution in [0.25, 0.3) is 0 Å². The zero-order valence-electron chi connectivity index (χ0n) is 13.2. The van der Waals surface area contributed by atoms with Gasteiger partial charge in [-0.15, -0.1) is 0 Å². The van der Waals surface area contributed by atoms with Crippen LogP contribution in [0.5, 0.6) is 0 Å². The minimum atomic E-state index is -1.08. The topological polar surface area (TPSA) is 141 Å². The van der Waals surface area contributed by atoms with Crippen LogP contribution < -0.4 is 0 Å². The molecule has 0 unspecified atom stereocenters. The van der Waals surface area contributed by atoms with Gasteiger partial charge in [-0.3, -0.25) is 14.4 Å². The first-order valence-electron chi connectivity index (χ1n) is 6.44. The number of carbonyl (C=O) groups is 4. The maximum absolute atomic E-state index is 11.3. The zero-order chi connectivity index (χ0) is 17.9. The molecule has 1 amide bonds. The first kappa shape index (κ1) is 22.0. The number of rotatable bonds is 6. The highest BCUT2D eigenvalue weighted by Crippen LogP contribution is 2.09. The molecule has 0 aliphatic carbocycles. The molecule has 0 saturated carbocycles. The van der Waals surface area contributed by atoms with Crippen LogP contribution in [0.3, 0.4) is 0 Å². The number of carboxylic acids is 3. The van der Waals surface area contributed by atoms with E-state index in [1.54, 1.807) is 20.8 Å². The average molecular weight is 321 g/mol. The molecule has 0 atom stereocenters. The molecule has 0 aliphatic rings. The SMILES string of the molecule is CN(CCC(=O)O)C(=O)OC(C)(C)C.O=C(O)CCC(=O)O. The number of aliphatic carboxylic acids is 3. The number of hydrogen-bond acceptors (Lipinski definition) is 5. The van der Waals surface area contributed by atoms with E-state index < -0.39 is 29.6 Å². The fourth-order valence-corrected chi connectivity index (χ4v) is 0.908. The van der Waals surface area contributed by atoms with Gasteiger partial charge >= 0.3 is 24.0 Å². The second-order valence-electron chi connectivity index (χ2n) is 5.33. The number of nitrogens with zero attached hydrogens (tertiary/aromatic N) is 1. The van der Waals surface area contributed by atoms with Gasteiger partial charge in [0.05, 0.1) is 19.3 Å². The lowest BCUT2D eigenvalue weighted by Gasteiger charge is -2.24. The van der Waals surface area contributed by atoms with Crippen molar-refractivity contribution in [1.29, 1.82) is 0 Å². The van der Waals surface area contributed by atoms with Crippen molar-refractivity contribution < 1.29 is 39.2 Å². The largest absolute Gasteiger partial charge is 0.481 e. The zero-order valence-corrected chi connectivity index (χ0v) is 13.2. The molecule has 22 heavy (non-hydrogen) atoms. The summed E-state index contributed by atoms with van der Waals surface area (Å²) in [5, 5.41) is 24.2. The molecule has 0 bridgehead atoms. The molecular formula is C13H23NO8. The van der Waals surface area contributed by atoms with Gasteiger partial charge in [0.1, 0.15) is 5.60 Å². The summed E-state index contributed by atoms with van der Waals surface area (Å²) in [4.78, 5) is 42.0. The van der Waals surface area contributed by atoms with Crippen molar-refractivity contribution in [2.75, 3.05) is 13.6 Å². The highest BCUT2D eigenvalue weighted by Gasteiger charge is 2.19. The maximum Gasteiger partial charge on any atom is 0.410 e. The normalized spacial score (nSPS) is 10.0. The monoisotopic (exact) mass is 321 g/mol. The first-order chi connectivity index (χ1) is 9.85. The van der Waals surface area contributed by atoms with Gasteiger partial charge in [-0.05, 0) is 20.8 Å². The van der Waals surface area contributed by atoms with Crippen LogP contribution >= 0.6 is 0 Å². The van der Waals surface area contributed by atoms with Crippen LogP contribution in [-0.2, 0) is 19.1 Å². The van der Waals surface area contributed by atoms with E-state index in [-0.39, 0.29) is 25.8 Å². The van der Waals surface area contributed by atoms with Gasteiger partial charge in [0.25, 0.3) is 0 Å². The number of carboxylic acid groups (broad SMARTS) is 3. The fourth-order valence-electron chi connectivity index (χ4n) is 0.908. The number of hydrogen-bond donors (Lipinski definition) is 3. The van der Waals surface area contributed by atoms with Gasteiger partial charge in [0, 0.05) is 13.6 Å². The van der Waals surface area contributed by atoms with Crippen LogP contribution in [0.15, 0.2) is 0 Å². The second kappa shape index (κ2) is 10.4. The standard InChI is InChI=1S/C9H17NO4.C4H6O4/c1-9(2,3)14-8(13)10(4)6-5-7(11)12;5-3(6)1-2-4(7)8/h5-6H2,1-4H3,(H,11,12);1-2H2,(H,5,6)(H,7,8). The lowest BCUT2D eigenvalue weighted by molar-refractivity contribution is -0.143. The number of carbonyl (C=O) groups excluding carboxylic acids is 1. The van der Waals surface area contributed by atoms with Crippen LogP contribution in [0, 0.1) is 0 Å². The Balaban J connectivity index is 0. The molecule has 0 saturated heterocycles. The Morgan fingerprint density at radius 2 is 1.23 bits per heavy atom. The lowest BCUT2D eigenvalue weighted by Crippen LogP contribution is -2.35.